The fourth-order valence-corrected chi connectivity index (χ4v) is 5.66. The van der Waals surface area contributed by atoms with E-state index in [0.29, 0.717) is 40.4 Å². The van der Waals surface area contributed by atoms with Gasteiger partial charge in [0.05, 0.1) is 18.8 Å². The number of oxazole rings is 1. The molecule has 5 rings (SSSR count). The number of nitrogens with one attached hydrogen (secondary N) is 2. The van der Waals surface area contributed by atoms with Gasteiger partial charge in [0.25, 0.3) is 16.0 Å². The van der Waals surface area contributed by atoms with E-state index in [9.17, 15) is 18.0 Å². The lowest BCUT2D eigenvalue weighted by Crippen LogP contribution is -2.28. The largest absolute Gasteiger partial charge is 0.497 e. The first kappa shape index (κ1) is 35.3. The van der Waals surface area contributed by atoms with Crippen molar-refractivity contribution in [3.05, 3.63) is 113 Å². The molecule has 0 aliphatic rings. The summed E-state index contributed by atoms with van der Waals surface area (Å²) < 4.78 is 42.0. The Morgan fingerprint density at radius 1 is 0.918 bits per heavy atom. The third-order valence-corrected chi connectivity index (χ3v) is 8.88. The number of ether oxygens (including phenoxy) is 1. The van der Waals surface area contributed by atoms with Crippen molar-refractivity contribution in [2.75, 3.05) is 24.7 Å². The number of methoxy groups -OCH3 is 1. The van der Waals surface area contributed by atoms with Gasteiger partial charge in [-0.05, 0) is 89.9 Å². The van der Waals surface area contributed by atoms with Crippen molar-refractivity contribution >= 4 is 38.7 Å². The molecule has 10 nitrogen and oxygen atoms in total. The highest BCUT2D eigenvalue weighted by molar-refractivity contribution is 7.85. The van der Waals surface area contributed by atoms with Crippen LogP contribution in [0.2, 0.25) is 0 Å². The second-order valence-corrected chi connectivity index (χ2v) is 14.8. The topological polar surface area (TPSA) is 148 Å². The summed E-state index contributed by atoms with van der Waals surface area (Å²) in [6.07, 6.45) is 2.36. The van der Waals surface area contributed by atoms with Crippen molar-refractivity contribution in [3.63, 3.8) is 0 Å². The van der Waals surface area contributed by atoms with Gasteiger partial charge in [0.2, 0.25) is 11.8 Å². The van der Waals surface area contributed by atoms with Crippen LogP contribution in [-0.4, -0.2) is 49.2 Å². The van der Waals surface area contributed by atoms with Crippen molar-refractivity contribution in [2.45, 2.75) is 46.0 Å². The number of rotatable bonds is 13. The second-order valence-electron chi connectivity index (χ2n) is 13.2. The highest BCUT2D eigenvalue weighted by atomic mass is 32.2. The lowest BCUT2D eigenvalue weighted by Gasteiger charge is -2.20. The standard InChI is InChI=1S/C38H41N3O7S/c1-38(2,3)20-19-25-5-9-27(10-6-25)32(23-26-7-11-28(12-8-26)35(42)39-21-22-49(44,45)46)36(43)40-30-15-13-29(14-16-30)37-41-33-24-31(47-4)17-18-34(33)48-37/h5-18,24,32H,19-23H2,1-4H3,(H,39,42)(H,40,43)(H,44,45,46). The Balaban J connectivity index is 1.32. The predicted octanol–water partition coefficient (Wildman–Crippen LogP) is 7.06. The Labute approximate surface area is 286 Å². The Morgan fingerprint density at radius 2 is 1.59 bits per heavy atom. The number of amides is 2. The molecule has 0 aliphatic carbocycles. The predicted molar refractivity (Wildman–Crippen MR) is 190 cm³/mol. The highest BCUT2D eigenvalue weighted by Crippen LogP contribution is 2.29. The molecule has 1 aromatic heterocycles. The maximum Gasteiger partial charge on any atom is 0.266 e. The Morgan fingerprint density at radius 3 is 2.22 bits per heavy atom. The van der Waals surface area contributed by atoms with Crippen LogP contribution in [0.1, 0.15) is 60.2 Å². The monoisotopic (exact) mass is 683 g/mol. The van der Waals surface area contributed by atoms with E-state index in [4.69, 9.17) is 13.7 Å². The molecular formula is C38H41N3O7S. The minimum atomic E-state index is -4.18. The van der Waals surface area contributed by atoms with Gasteiger partial charge >= 0.3 is 0 Å². The molecule has 0 bridgehead atoms. The molecule has 0 fully saturated rings. The number of hydrogen-bond donors (Lipinski definition) is 3. The first-order valence-electron chi connectivity index (χ1n) is 16.0. The molecule has 4 aromatic carbocycles. The van der Waals surface area contributed by atoms with Crippen LogP contribution >= 0.6 is 0 Å². The van der Waals surface area contributed by atoms with Crippen LogP contribution in [0.25, 0.3) is 22.6 Å². The number of aryl methyl sites for hydroxylation is 1. The Bertz CT molecular complexity index is 2010. The highest BCUT2D eigenvalue weighted by Gasteiger charge is 2.23. The molecule has 256 valence electrons. The normalized spacial score (nSPS) is 12.4. The summed E-state index contributed by atoms with van der Waals surface area (Å²) in [6.45, 7) is 6.44. The van der Waals surface area contributed by atoms with E-state index in [2.05, 4.69) is 48.5 Å². The van der Waals surface area contributed by atoms with E-state index < -0.39 is 27.7 Å². The zero-order chi connectivity index (χ0) is 35.2. The van der Waals surface area contributed by atoms with Gasteiger partial charge in [0, 0.05) is 29.4 Å². The molecule has 0 saturated heterocycles. The van der Waals surface area contributed by atoms with Gasteiger partial charge in [0.1, 0.15) is 11.3 Å². The minimum absolute atomic E-state index is 0.184. The molecule has 3 N–H and O–H groups in total. The van der Waals surface area contributed by atoms with Crippen molar-refractivity contribution < 1.29 is 31.7 Å². The van der Waals surface area contributed by atoms with Gasteiger partial charge in [-0.3, -0.25) is 14.1 Å². The number of benzene rings is 4. The number of nitrogens with zero attached hydrogens (tertiary/aromatic N) is 1. The van der Waals surface area contributed by atoms with Gasteiger partial charge in [-0.15, -0.1) is 0 Å². The average molecular weight is 684 g/mol. The van der Waals surface area contributed by atoms with E-state index in [1.165, 1.54) is 5.56 Å². The Kier molecular flexibility index (Phi) is 10.8. The van der Waals surface area contributed by atoms with Crippen LogP contribution in [0.3, 0.4) is 0 Å². The number of aromatic nitrogens is 1. The van der Waals surface area contributed by atoms with Crippen LogP contribution in [0.5, 0.6) is 5.75 Å². The third kappa shape index (κ3) is 10.0. The van der Waals surface area contributed by atoms with Gasteiger partial charge in [-0.25, -0.2) is 4.98 Å². The first-order valence-corrected chi connectivity index (χ1v) is 17.6. The molecule has 2 amide bonds. The summed E-state index contributed by atoms with van der Waals surface area (Å²) in [6, 6.07) is 27.7. The summed E-state index contributed by atoms with van der Waals surface area (Å²) in [4.78, 5) is 30.9. The molecule has 0 aliphatic heterocycles. The van der Waals surface area contributed by atoms with Crippen LogP contribution in [0.15, 0.2) is 95.4 Å². The van der Waals surface area contributed by atoms with Crippen LogP contribution < -0.4 is 15.4 Å². The number of carbonyl (C=O) groups excluding carboxylic acids is 2. The zero-order valence-corrected chi connectivity index (χ0v) is 28.8. The number of carbonyl (C=O) groups is 2. The fourth-order valence-electron chi connectivity index (χ4n) is 5.30. The average Bonchev–Trinajstić information content (AvgIpc) is 3.50. The molecular weight excluding hydrogens is 642 g/mol. The number of anilines is 1. The van der Waals surface area contributed by atoms with Crippen molar-refractivity contribution in [1.29, 1.82) is 0 Å². The van der Waals surface area contributed by atoms with Gasteiger partial charge in [0.15, 0.2) is 5.58 Å². The van der Waals surface area contributed by atoms with E-state index in [1.54, 1.807) is 31.4 Å². The van der Waals surface area contributed by atoms with Crippen molar-refractivity contribution in [3.8, 4) is 17.2 Å². The van der Waals surface area contributed by atoms with Crippen LogP contribution in [0.4, 0.5) is 5.69 Å². The van der Waals surface area contributed by atoms with Crippen LogP contribution in [0, 0.1) is 5.41 Å². The zero-order valence-electron chi connectivity index (χ0n) is 28.0. The molecule has 1 atom stereocenters. The van der Waals surface area contributed by atoms with Crippen LogP contribution in [-0.2, 0) is 27.8 Å². The molecule has 0 saturated carbocycles. The molecule has 0 spiro atoms. The maximum atomic E-state index is 13.9. The quantitative estimate of drug-likeness (QED) is 0.112. The fraction of sp³-hybridized carbons (Fsp3) is 0.289. The molecule has 1 unspecified atom stereocenters. The molecule has 11 heteroatoms. The molecule has 1 heterocycles. The van der Waals surface area contributed by atoms with E-state index in [-0.39, 0.29) is 17.9 Å². The summed E-state index contributed by atoms with van der Waals surface area (Å²) >= 11 is 0. The smallest absolute Gasteiger partial charge is 0.266 e. The van der Waals surface area contributed by atoms with Crippen molar-refractivity contribution in [1.82, 2.24) is 10.3 Å². The number of hydrogen-bond acceptors (Lipinski definition) is 7. The first-order chi connectivity index (χ1) is 23.3. The van der Waals surface area contributed by atoms with E-state index >= 15 is 0 Å². The molecule has 49 heavy (non-hydrogen) atoms. The van der Waals surface area contributed by atoms with Gasteiger partial charge < -0.3 is 19.8 Å². The summed E-state index contributed by atoms with van der Waals surface area (Å²) in [5, 5.41) is 5.55. The summed E-state index contributed by atoms with van der Waals surface area (Å²) in [5.41, 5.74) is 6.17. The second kappa shape index (κ2) is 15.0. The third-order valence-electron chi connectivity index (χ3n) is 8.16. The Hall–Kier alpha value is -5.00. The summed E-state index contributed by atoms with van der Waals surface area (Å²) in [5.74, 6) is -0.598. The molecule has 5 aromatic rings. The maximum absolute atomic E-state index is 13.9. The SMILES string of the molecule is COc1ccc2oc(-c3ccc(NC(=O)C(Cc4ccc(C(=O)NCCS(=O)(=O)O)cc4)c4ccc(CCC(C)(C)C)cc4)cc3)nc2c1. The van der Waals surface area contributed by atoms with E-state index in [0.717, 1.165) is 29.5 Å². The van der Waals surface area contributed by atoms with Gasteiger partial charge in [-0.1, -0.05) is 57.2 Å². The minimum Gasteiger partial charge on any atom is -0.497 e. The van der Waals surface area contributed by atoms with Gasteiger partial charge in [-0.2, -0.15) is 8.42 Å². The van der Waals surface area contributed by atoms with Crippen molar-refractivity contribution in [2.24, 2.45) is 5.41 Å². The lowest BCUT2D eigenvalue weighted by molar-refractivity contribution is -0.117. The molecule has 0 radical (unpaired) electrons. The number of fused-ring (bicyclic) bond motifs is 1. The van der Waals surface area contributed by atoms with E-state index in [1.807, 2.05) is 54.6 Å². The summed E-state index contributed by atoms with van der Waals surface area (Å²) in [7, 11) is -2.58. The lowest BCUT2D eigenvalue weighted by atomic mass is 9.87.